The maximum atomic E-state index is 12.9. The lowest BCUT2D eigenvalue weighted by Gasteiger charge is -2.33. The minimum Gasteiger partial charge on any atom is -0.546 e. The second-order valence-corrected chi connectivity index (χ2v) is 13.8. The van der Waals surface area contributed by atoms with E-state index in [1.807, 2.05) is 12.1 Å². The Morgan fingerprint density at radius 1 is 0.571 bits per heavy atom. The second-order valence-electron chi connectivity index (χ2n) is 13.8. The summed E-state index contributed by atoms with van der Waals surface area (Å²) in [6.45, 7) is 5.19. The Morgan fingerprint density at radius 3 is 1.46 bits per heavy atom. The van der Waals surface area contributed by atoms with Gasteiger partial charge in [-0.15, -0.1) is 0 Å². The van der Waals surface area contributed by atoms with E-state index in [-0.39, 0.29) is 44.0 Å². The summed E-state index contributed by atoms with van der Waals surface area (Å²) in [5.74, 6) is -4.56. The molecule has 0 amide bonds. The van der Waals surface area contributed by atoms with Crippen molar-refractivity contribution in [1.82, 2.24) is 0 Å². The normalized spacial score (nSPS) is 13.1. The summed E-state index contributed by atoms with van der Waals surface area (Å²) in [6.07, 6.45) is 2.06. The molecule has 0 radical (unpaired) electrons. The molecule has 4 aromatic rings. The zero-order valence-electron chi connectivity index (χ0n) is 32.2. The average molecular weight is 762 g/mol. The lowest BCUT2D eigenvalue weighted by atomic mass is 9.93. The third-order valence-electron chi connectivity index (χ3n) is 9.82. The van der Waals surface area contributed by atoms with Gasteiger partial charge in [0.15, 0.2) is 17.2 Å². The number of benzene rings is 4. The summed E-state index contributed by atoms with van der Waals surface area (Å²) in [5.41, 5.74) is 1.54. The molecule has 4 aromatic carbocycles. The minimum absolute atomic E-state index is 0.00734. The smallest absolute Gasteiger partial charge is 0.313 e. The first-order valence-corrected chi connectivity index (χ1v) is 19.1. The van der Waals surface area contributed by atoms with Crippen LogP contribution in [0.15, 0.2) is 109 Å². The highest BCUT2D eigenvalue weighted by Crippen LogP contribution is 2.26. The highest BCUT2D eigenvalue weighted by atomic mass is 16.6. The van der Waals surface area contributed by atoms with Crippen LogP contribution in [0, 0.1) is 0 Å². The van der Waals surface area contributed by atoms with Crippen molar-refractivity contribution in [2.24, 2.45) is 0 Å². The summed E-state index contributed by atoms with van der Waals surface area (Å²) in [6, 6.07) is 31.5. The molecule has 0 saturated carbocycles. The van der Waals surface area contributed by atoms with Crippen molar-refractivity contribution < 1.29 is 48.1 Å². The first kappa shape index (κ1) is 42.8. The van der Waals surface area contributed by atoms with E-state index in [0.29, 0.717) is 65.5 Å². The van der Waals surface area contributed by atoms with E-state index in [9.17, 15) is 33.9 Å². The molecule has 0 aliphatic rings. The van der Waals surface area contributed by atoms with Gasteiger partial charge in [0.2, 0.25) is 0 Å². The van der Waals surface area contributed by atoms with E-state index in [1.165, 1.54) is 0 Å². The topological polar surface area (TPSA) is 153 Å². The van der Waals surface area contributed by atoms with Gasteiger partial charge in [-0.05, 0) is 82.1 Å². The predicted molar refractivity (Wildman–Crippen MR) is 208 cm³/mol. The quantitative estimate of drug-likeness (QED) is 0.0345. The van der Waals surface area contributed by atoms with Crippen LogP contribution in [0.1, 0.15) is 127 Å². The number of ketones is 2. The molecule has 0 saturated heterocycles. The van der Waals surface area contributed by atoms with Crippen LogP contribution < -0.4 is 5.11 Å². The zero-order chi connectivity index (χ0) is 40.5. The Labute approximate surface area is 328 Å². The average Bonchev–Trinajstić information content (AvgIpc) is 3.23. The van der Waals surface area contributed by atoms with Crippen LogP contribution in [0.3, 0.4) is 0 Å². The molecule has 4 rings (SSSR count). The number of aliphatic carboxylic acids is 1. The fraction of sp³-hybridized carbons (Fsp3) is 0.348. The maximum absolute atomic E-state index is 12.9. The number of carbonyl (C=O) groups excluding carboxylic acids is 6. The first-order chi connectivity index (χ1) is 27.0. The van der Waals surface area contributed by atoms with Crippen molar-refractivity contribution in [3.63, 3.8) is 0 Å². The van der Waals surface area contributed by atoms with Gasteiger partial charge in [-0.3, -0.25) is 24.0 Å². The zero-order valence-corrected chi connectivity index (χ0v) is 32.2. The molecule has 0 aromatic heterocycles. The number of hydrogen-bond acceptors (Lipinski definition) is 10. The molecule has 0 spiro atoms. The van der Waals surface area contributed by atoms with Gasteiger partial charge < -0.3 is 24.1 Å². The van der Waals surface area contributed by atoms with E-state index >= 15 is 0 Å². The van der Waals surface area contributed by atoms with Gasteiger partial charge in [0.25, 0.3) is 0 Å². The Bertz CT molecular complexity index is 1950. The summed E-state index contributed by atoms with van der Waals surface area (Å²) in [4.78, 5) is 76.1. The van der Waals surface area contributed by atoms with E-state index in [0.717, 1.165) is 0 Å². The van der Waals surface area contributed by atoms with Gasteiger partial charge >= 0.3 is 17.9 Å². The van der Waals surface area contributed by atoms with E-state index in [4.69, 9.17) is 14.2 Å². The second kappa shape index (κ2) is 21.3. The number of unbranched alkanes of at least 4 members (excludes halogenated alkanes) is 3. The van der Waals surface area contributed by atoms with Crippen molar-refractivity contribution in [3.8, 4) is 0 Å². The number of esters is 3. The Balaban J connectivity index is 1.14. The number of hydrogen-bond donors (Lipinski definition) is 0. The van der Waals surface area contributed by atoms with Crippen LogP contribution in [0.4, 0.5) is 0 Å². The minimum atomic E-state index is -1.81. The highest BCUT2D eigenvalue weighted by Gasteiger charge is 2.34. The molecule has 10 nitrogen and oxygen atoms in total. The molecule has 3 unspecified atom stereocenters. The van der Waals surface area contributed by atoms with Crippen LogP contribution in [-0.4, -0.2) is 54.3 Å². The number of carboxylic acid groups (broad SMARTS) is 1. The molecular weight excluding hydrogens is 712 g/mol. The summed E-state index contributed by atoms with van der Waals surface area (Å²) >= 11 is 0. The SMILES string of the molecule is CCC(CCCCOC(=O)C(C)c1cccc(C(=O)c2ccccc2)c1)(OC(=O)CCCCCOC(=O)C(C)c1cccc(C(=O)c2ccccc2)c1)C(=O)[O-]. The highest BCUT2D eigenvalue weighted by molar-refractivity contribution is 6.09. The summed E-state index contributed by atoms with van der Waals surface area (Å²) in [7, 11) is 0. The van der Waals surface area contributed by atoms with Crippen LogP contribution >= 0.6 is 0 Å². The fourth-order valence-electron chi connectivity index (χ4n) is 6.20. The number of ether oxygens (including phenoxy) is 3. The predicted octanol–water partition coefficient (Wildman–Crippen LogP) is 7.31. The van der Waals surface area contributed by atoms with Crippen LogP contribution in [0.5, 0.6) is 0 Å². The number of rotatable bonds is 22. The maximum Gasteiger partial charge on any atom is 0.313 e. The Morgan fingerprint density at radius 2 is 1.02 bits per heavy atom. The number of carboxylic acids is 1. The molecule has 0 bridgehead atoms. The molecule has 0 aliphatic carbocycles. The monoisotopic (exact) mass is 761 g/mol. The fourth-order valence-corrected chi connectivity index (χ4v) is 6.20. The third kappa shape index (κ3) is 12.1. The van der Waals surface area contributed by atoms with Crippen molar-refractivity contribution in [1.29, 1.82) is 0 Å². The molecule has 3 atom stereocenters. The van der Waals surface area contributed by atoms with E-state index < -0.39 is 41.3 Å². The van der Waals surface area contributed by atoms with Gasteiger partial charge in [0, 0.05) is 28.7 Å². The van der Waals surface area contributed by atoms with Gasteiger partial charge in [0.1, 0.15) is 0 Å². The standard InChI is InChI=1S/C46H50O10/c1-4-46(45(52)53,27-13-15-29-55-44(51)33(3)37-23-17-25-39(31-37)42(49)35-20-10-6-11-21-35)56-40(47)26-12-7-14-28-54-43(50)32(2)36-22-16-24-38(30-36)41(48)34-18-8-5-9-19-34/h5-6,8-11,16-25,30-33H,4,7,12-15,26-29H2,1-3H3,(H,52,53)/p-1. The molecule has 56 heavy (non-hydrogen) atoms. The largest absolute Gasteiger partial charge is 0.546 e. The van der Waals surface area contributed by atoms with Crippen molar-refractivity contribution in [2.45, 2.75) is 89.6 Å². The van der Waals surface area contributed by atoms with Crippen LogP contribution in [-0.2, 0) is 33.4 Å². The third-order valence-corrected chi connectivity index (χ3v) is 9.82. The van der Waals surface area contributed by atoms with Crippen LogP contribution in [0.2, 0.25) is 0 Å². The van der Waals surface area contributed by atoms with Crippen molar-refractivity contribution in [3.05, 3.63) is 143 Å². The van der Waals surface area contributed by atoms with Crippen LogP contribution in [0.25, 0.3) is 0 Å². The Kier molecular flexibility index (Phi) is 16.3. The Hall–Kier alpha value is -5.90. The van der Waals surface area contributed by atoms with Gasteiger partial charge in [-0.2, -0.15) is 0 Å². The number of carbonyl (C=O) groups is 6. The summed E-state index contributed by atoms with van der Waals surface area (Å²) < 4.78 is 16.4. The molecule has 0 fully saturated rings. The molecule has 0 heterocycles. The molecule has 0 N–H and O–H groups in total. The molecular formula is C46H49O10-. The lowest BCUT2D eigenvalue weighted by Crippen LogP contribution is -2.51. The van der Waals surface area contributed by atoms with Gasteiger partial charge in [-0.1, -0.05) is 104 Å². The van der Waals surface area contributed by atoms with E-state index in [2.05, 4.69) is 0 Å². The van der Waals surface area contributed by atoms with Gasteiger partial charge in [0.05, 0.1) is 31.0 Å². The summed E-state index contributed by atoms with van der Waals surface area (Å²) in [5, 5.41) is 12.2. The first-order valence-electron chi connectivity index (χ1n) is 19.1. The van der Waals surface area contributed by atoms with Gasteiger partial charge in [-0.25, -0.2) is 0 Å². The molecule has 294 valence electrons. The van der Waals surface area contributed by atoms with Crippen molar-refractivity contribution >= 4 is 35.4 Å². The van der Waals surface area contributed by atoms with Crippen molar-refractivity contribution in [2.75, 3.05) is 13.2 Å². The lowest BCUT2D eigenvalue weighted by molar-refractivity contribution is -0.326. The molecule has 10 heteroatoms. The molecule has 0 aliphatic heterocycles. The van der Waals surface area contributed by atoms with E-state index in [1.54, 1.807) is 118 Å².